The van der Waals surface area contributed by atoms with Gasteiger partial charge in [-0.15, -0.1) is 0 Å². The molecule has 1 atom stereocenters. The van der Waals surface area contributed by atoms with Gasteiger partial charge in [0, 0.05) is 26.2 Å². The van der Waals surface area contributed by atoms with E-state index >= 15 is 0 Å². The minimum Gasteiger partial charge on any atom is -0.480 e. The lowest BCUT2D eigenvalue weighted by molar-refractivity contribution is -0.138. The summed E-state index contributed by atoms with van der Waals surface area (Å²) in [5.41, 5.74) is 1.36. The molecule has 1 fully saturated rings. The third-order valence-electron chi connectivity index (χ3n) is 4.61. The molecule has 7 nitrogen and oxygen atoms in total. The number of carbonyl (C=O) groups is 2. The molecule has 1 aromatic rings. The highest BCUT2D eigenvalue weighted by atomic mass is 16.5. The largest absolute Gasteiger partial charge is 0.480 e. The van der Waals surface area contributed by atoms with Gasteiger partial charge >= 0.3 is 12.0 Å². The van der Waals surface area contributed by atoms with Gasteiger partial charge in [0.2, 0.25) is 0 Å². The van der Waals surface area contributed by atoms with E-state index in [2.05, 4.69) is 29.6 Å². The van der Waals surface area contributed by atoms with Crippen LogP contribution in [0.2, 0.25) is 0 Å². The van der Waals surface area contributed by atoms with Gasteiger partial charge in [-0.1, -0.05) is 36.8 Å². The fourth-order valence-electron chi connectivity index (χ4n) is 3.24. The zero-order valence-corrected chi connectivity index (χ0v) is 16.1. The number of aryl methyl sites for hydroxylation is 1. The number of nitrogens with zero attached hydrogens (tertiary/aromatic N) is 2. The lowest BCUT2D eigenvalue weighted by Gasteiger charge is -2.34. The number of rotatable bonds is 10. The number of aliphatic carboxylic acids is 1. The summed E-state index contributed by atoms with van der Waals surface area (Å²) in [4.78, 5) is 26.5. The molecule has 1 aromatic carbocycles. The lowest BCUT2D eigenvalue weighted by atomic mass is 10.1. The Hall–Kier alpha value is -2.12. The van der Waals surface area contributed by atoms with Gasteiger partial charge in [-0.3, -0.25) is 9.69 Å². The zero-order chi connectivity index (χ0) is 19.5. The Kier molecular flexibility index (Phi) is 9.07. The number of carboxylic acids is 1. The smallest absolute Gasteiger partial charge is 0.317 e. The molecule has 0 spiro atoms. The summed E-state index contributed by atoms with van der Waals surface area (Å²) in [6.45, 7) is 2.68. The van der Waals surface area contributed by atoms with Crippen molar-refractivity contribution in [3.05, 3.63) is 35.9 Å². The Balaban J connectivity index is 1.58. The molecule has 27 heavy (non-hydrogen) atoms. The Morgan fingerprint density at radius 1 is 1.26 bits per heavy atom. The first kappa shape index (κ1) is 21.2. The van der Waals surface area contributed by atoms with Crippen LogP contribution in [0.5, 0.6) is 0 Å². The maximum Gasteiger partial charge on any atom is 0.317 e. The molecule has 2 amide bonds. The first-order chi connectivity index (χ1) is 13.0. The van der Waals surface area contributed by atoms with Crippen molar-refractivity contribution in [1.82, 2.24) is 15.1 Å². The molecule has 1 heterocycles. The highest BCUT2D eigenvalue weighted by molar-refractivity contribution is 5.74. The summed E-state index contributed by atoms with van der Waals surface area (Å²) in [6, 6.07) is 10.4. The molecule has 0 radical (unpaired) electrons. The zero-order valence-electron chi connectivity index (χ0n) is 16.1. The highest BCUT2D eigenvalue weighted by Gasteiger charge is 2.25. The predicted molar refractivity (Wildman–Crippen MR) is 104 cm³/mol. The Labute approximate surface area is 161 Å². The normalized spacial score (nSPS) is 17.1. The second-order valence-electron chi connectivity index (χ2n) is 7.06. The van der Waals surface area contributed by atoms with Crippen LogP contribution in [0.3, 0.4) is 0 Å². The minimum atomic E-state index is -0.866. The van der Waals surface area contributed by atoms with Crippen molar-refractivity contribution in [3.63, 3.8) is 0 Å². The number of urea groups is 1. The van der Waals surface area contributed by atoms with E-state index in [1.165, 1.54) is 5.56 Å². The molecule has 2 rings (SSSR count). The van der Waals surface area contributed by atoms with Gasteiger partial charge in [0.15, 0.2) is 0 Å². The van der Waals surface area contributed by atoms with E-state index in [9.17, 15) is 9.59 Å². The molecule has 0 saturated carbocycles. The number of hydrogen-bond donors (Lipinski definition) is 2. The van der Waals surface area contributed by atoms with Gasteiger partial charge in [-0.05, 0) is 31.9 Å². The van der Waals surface area contributed by atoms with E-state index in [0.29, 0.717) is 32.8 Å². The molecule has 2 N–H and O–H groups in total. The van der Waals surface area contributed by atoms with Gasteiger partial charge < -0.3 is 20.1 Å². The molecule has 150 valence electrons. The first-order valence-electron chi connectivity index (χ1n) is 9.63. The number of likely N-dealkylation sites (N-methyl/N-ethyl adjacent to an activating group) is 1. The number of carboxylic acid groups (broad SMARTS) is 1. The van der Waals surface area contributed by atoms with E-state index in [4.69, 9.17) is 9.84 Å². The summed E-state index contributed by atoms with van der Waals surface area (Å²) in [5, 5.41) is 11.8. The quantitative estimate of drug-likeness (QED) is 0.608. The third-order valence-corrected chi connectivity index (χ3v) is 4.61. The standard InChI is InChI=1S/C20H31N3O4/c1-22(16-19(24)25)14-18-15-23(12-13-27-18)20(26)21-11-7-3-6-10-17-8-4-2-5-9-17/h2,4-5,8-9,18H,3,6-7,10-16H2,1H3,(H,21,26)(H,24,25). The van der Waals surface area contributed by atoms with Gasteiger partial charge in [0.05, 0.1) is 19.3 Å². The maximum absolute atomic E-state index is 12.3. The summed E-state index contributed by atoms with van der Waals surface area (Å²) in [7, 11) is 1.74. The van der Waals surface area contributed by atoms with Crippen LogP contribution in [0.4, 0.5) is 4.79 Å². The van der Waals surface area contributed by atoms with Crippen LogP contribution in [0.1, 0.15) is 24.8 Å². The number of nitrogens with one attached hydrogen (secondary N) is 1. The van der Waals surface area contributed by atoms with Crippen molar-refractivity contribution in [3.8, 4) is 0 Å². The summed E-state index contributed by atoms with van der Waals surface area (Å²) in [6.07, 6.45) is 4.09. The highest BCUT2D eigenvalue weighted by Crippen LogP contribution is 2.08. The Morgan fingerprint density at radius 3 is 2.78 bits per heavy atom. The van der Waals surface area contributed by atoms with Crippen LogP contribution >= 0.6 is 0 Å². The predicted octanol–water partition coefficient (Wildman–Crippen LogP) is 1.83. The molecule has 0 aliphatic carbocycles. The van der Waals surface area contributed by atoms with E-state index in [0.717, 1.165) is 25.7 Å². The van der Waals surface area contributed by atoms with Gasteiger partial charge in [0.25, 0.3) is 0 Å². The van der Waals surface area contributed by atoms with Crippen molar-refractivity contribution in [2.75, 3.05) is 46.4 Å². The summed E-state index contributed by atoms with van der Waals surface area (Å²) < 4.78 is 5.65. The molecule has 0 bridgehead atoms. The summed E-state index contributed by atoms with van der Waals surface area (Å²) >= 11 is 0. The van der Waals surface area contributed by atoms with Crippen molar-refractivity contribution < 1.29 is 19.4 Å². The molecule has 1 aliphatic rings. The molecular weight excluding hydrogens is 346 g/mol. The third kappa shape index (κ3) is 8.41. The fourth-order valence-corrected chi connectivity index (χ4v) is 3.24. The van der Waals surface area contributed by atoms with Gasteiger partial charge in [-0.25, -0.2) is 4.79 Å². The van der Waals surface area contributed by atoms with Crippen LogP contribution in [0.25, 0.3) is 0 Å². The van der Waals surface area contributed by atoms with E-state index in [1.54, 1.807) is 16.8 Å². The first-order valence-corrected chi connectivity index (χ1v) is 9.63. The van der Waals surface area contributed by atoms with Gasteiger partial charge in [-0.2, -0.15) is 0 Å². The molecule has 0 aromatic heterocycles. The Bertz CT molecular complexity index is 582. The van der Waals surface area contributed by atoms with Crippen molar-refractivity contribution >= 4 is 12.0 Å². The number of hydrogen-bond acceptors (Lipinski definition) is 4. The average molecular weight is 377 g/mol. The number of benzene rings is 1. The van der Waals surface area contributed by atoms with Crippen molar-refractivity contribution in [2.45, 2.75) is 31.8 Å². The number of amides is 2. The molecule has 7 heteroatoms. The van der Waals surface area contributed by atoms with Crippen LogP contribution in [0.15, 0.2) is 30.3 Å². The van der Waals surface area contributed by atoms with Crippen LogP contribution in [-0.2, 0) is 16.0 Å². The summed E-state index contributed by atoms with van der Waals surface area (Å²) in [5.74, 6) is -0.866. The molecular formula is C20H31N3O4. The van der Waals surface area contributed by atoms with E-state index < -0.39 is 5.97 Å². The topological polar surface area (TPSA) is 82.1 Å². The molecule has 1 aliphatic heterocycles. The van der Waals surface area contributed by atoms with Crippen molar-refractivity contribution in [1.29, 1.82) is 0 Å². The lowest BCUT2D eigenvalue weighted by Crippen LogP contribution is -2.52. The maximum atomic E-state index is 12.3. The minimum absolute atomic E-state index is 0.0327. The number of unbranched alkanes of at least 4 members (excludes halogenated alkanes) is 2. The van der Waals surface area contributed by atoms with Gasteiger partial charge in [0.1, 0.15) is 0 Å². The second kappa shape index (κ2) is 11.6. The SMILES string of the molecule is CN(CC(=O)O)CC1CN(C(=O)NCCCCCc2ccccc2)CCO1. The van der Waals surface area contributed by atoms with E-state index in [-0.39, 0.29) is 18.7 Å². The molecule has 1 saturated heterocycles. The number of morpholine rings is 1. The number of carbonyl (C=O) groups excluding carboxylic acids is 1. The van der Waals surface area contributed by atoms with Crippen LogP contribution in [0, 0.1) is 0 Å². The van der Waals surface area contributed by atoms with Crippen molar-refractivity contribution in [2.24, 2.45) is 0 Å². The van der Waals surface area contributed by atoms with Crippen LogP contribution in [-0.4, -0.2) is 79.4 Å². The average Bonchev–Trinajstić information content (AvgIpc) is 2.64. The van der Waals surface area contributed by atoms with Crippen LogP contribution < -0.4 is 5.32 Å². The van der Waals surface area contributed by atoms with E-state index in [1.807, 2.05) is 6.07 Å². The fraction of sp³-hybridized carbons (Fsp3) is 0.600. The Morgan fingerprint density at radius 2 is 2.04 bits per heavy atom. The second-order valence-corrected chi connectivity index (χ2v) is 7.06. The monoisotopic (exact) mass is 377 g/mol. The molecule has 1 unspecified atom stereocenters. The number of ether oxygens (including phenoxy) is 1.